The van der Waals surface area contributed by atoms with Gasteiger partial charge in [-0.15, -0.1) is 16.9 Å². The van der Waals surface area contributed by atoms with Gasteiger partial charge in [-0.1, -0.05) is 12.1 Å². The minimum atomic E-state index is -1.20. The Labute approximate surface area is 137 Å². The molecule has 2 rings (SSSR count). The molecule has 0 aliphatic carbocycles. The van der Waals surface area contributed by atoms with Crippen LogP contribution in [0.5, 0.6) is 0 Å². The fraction of sp³-hybridized carbons (Fsp3) is 0.615. The third kappa shape index (κ3) is 4.21. The lowest BCUT2D eigenvalue weighted by molar-refractivity contribution is -0.138. The normalized spacial score (nSPS) is 18.7. The van der Waals surface area contributed by atoms with Crippen molar-refractivity contribution in [3.8, 4) is 0 Å². The number of nitrogens with one attached hydrogen (secondary N) is 1. The Bertz CT molecular complexity index is 605. The van der Waals surface area contributed by atoms with Crippen LogP contribution >= 0.6 is 11.8 Å². The van der Waals surface area contributed by atoms with Crippen molar-refractivity contribution in [1.29, 1.82) is 0 Å². The number of aromatic nitrogens is 3. The summed E-state index contributed by atoms with van der Waals surface area (Å²) in [5.74, 6) is -0.682. The Morgan fingerprint density at radius 1 is 1.52 bits per heavy atom. The number of carbonyl (C=O) groups excluding carboxylic acids is 2. The van der Waals surface area contributed by atoms with E-state index in [1.165, 1.54) is 27.5 Å². The van der Waals surface area contributed by atoms with E-state index in [-0.39, 0.29) is 30.1 Å². The van der Waals surface area contributed by atoms with Crippen molar-refractivity contribution >= 4 is 29.5 Å². The maximum Gasteiger partial charge on any atom is 0.358 e. The molecule has 9 nitrogen and oxygen atoms in total. The topological polar surface area (TPSA) is 117 Å². The Hall–Kier alpha value is -2.10. The molecule has 1 fully saturated rings. The number of rotatable bonds is 6. The molecule has 1 saturated heterocycles. The second-order valence-corrected chi connectivity index (χ2v) is 6.30. The summed E-state index contributed by atoms with van der Waals surface area (Å²) in [5, 5.41) is 18.7. The fourth-order valence-electron chi connectivity index (χ4n) is 2.05. The second-order valence-electron chi connectivity index (χ2n) is 5.30. The van der Waals surface area contributed by atoms with Crippen LogP contribution in [0, 0.1) is 0 Å². The van der Waals surface area contributed by atoms with E-state index < -0.39 is 12.0 Å². The van der Waals surface area contributed by atoms with Crippen molar-refractivity contribution in [3.05, 3.63) is 11.9 Å². The first-order chi connectivity index (χ1) is 10.9. The second kappa shape index (κ2) is 7.44. The zero-order valence-corrected chi connectivity index (χ0v) is 13.7. The maximum absolute atomic E-state index is 12.4. The van der Waals surface area contributed by atoms with Crippen molar-refractivity contribution in [1.82, 2.24) is 25.2 Å². The molecule has 0 aromatic carbocycles. The van der Waals surface area contributed by atoms with E-state index in [1.54, 1.807) is 0 Å². The van der Waals surface area contributed by atoms with E-state index in [0.29, 0.717) is 11.6 Å². The minimum absolute atomic E-state index is 0.0542. The van der Waals surface area contributed by atoms with Crippen molar-refractivity contribution < 1.29 is 19.5 Å². The number of carboxylic acid groups (broad SMARTS) is 1. The van der Waals surface area contributed by atoms with Crippen LogP contribution in [0.15, 0.2) is 6.20 Å². The molecule has 2 N–H and O–H groups in total. The number of aromatic carboxylic acids is 1. The first kappa shape index (κ1) is 17.3. The number of carbonyl (C=O) groups is 3. The highest BCUT2D eigenvalue weighted by atomic mass is 32.2. The van der Waals surface area contributed by atoms with Crippen molar-refractivity contribution in [2.24, 2.45) is 0 Å². The molecule has 0 bridgehead atoms. The van der Waals surface area contributed by atoms with Gasteiger partial charge >= 0.3 is 5.97 Å². The van der Waals surface area contributed by atoms with E-state index >= 15 is 0 Å². The first-order valence-corrected chi connectivity index (χ1v) is 8.38. The van der Waals surface area contributed by atoms with Crippen LogP contribution in [-0.2, 0) is 16.1 Å². The molecule has 2 heterocycles. The van der Waals surface area contributed by atoms with Crippen LogP contribution in [0.2, 0.25) is 0 Å². The highest BCUT2D eigenvalue weighted by Gasteiger charge is 2.35. The monoisotopic (exact) mass is 341 g/mol. The number of hydrogen-bond donors (Lipinski definition) is 2. The zero-order chi connectivity index (χ0) is 17.0. The summed E-state index contributed by atoms with van der Waals surface area (Å²) in [6.45, 7) is 3.74. The molecule has 1 aliphatic rings. The number of hydrogen-bond acceptors (Lipinski definition) is 6. The molecule has 1 aromatic rings. The van der Waals surface area contributed by atoms with Crippen LogP contribution in [0.4, 0.5) is 0 Å². The summed E-state index contributed by atoms with van der Waals surface area (Å²) >= 11 is 1.51. The summed E-state index contributed by atoms with van der Waals surface area (Å²) in [6, 6.07) is -0.456. The smallest absolute Gasteiger partial charge is 0.358 e. The van der Waals surface area contributed by atoms with Crippen LogP contribution in [0.25, 0.3) is 0 Å². The summed E-state index contributed by atoms with van der Waals surface area (Å²) in [4.78, 5) is 36.9. The van der Waals surface area contributed by atoms with Crippen molar-refractivity contribution in [2.75, 3.05) is 11.6 Å². The van der Waals surface area contributed by atoms with Gasteiger partial charge in [0, 0.05) is 11.8 Å². The molecule has 2 amide bonds. The molecule has 0 radical (unpaired) electrons. The van der Waals surface area contributed by atoms with Crippen molar-refractivity contribution in [3.63, 3.8) is 0 Å². The lowest BCUT2D eigenvalue weighted by Crippen LogP contribution is -2.50. The van der Waals surface area contributed by atoms with Gasteiger partial charge in [-0.3, -0.25) is 9.59 Å². The van der Waals surface area contributed by atoms with Gasteiger partial charge in [0.15, 0.2) is 5.69 Å². The molecule has 2 atom stereocenters. The Morgan fingerprint density at radius 2 is 2.26 bits per heavy atom. The SMILES string of the molecule is CCC(C)NC(=O)C1CSCN1C(=O)Cn1cc(C(=O)O)nn1. The number of thioether (sulfide) groups is 1. The predicted molar refractivity (Wildman–Crippen MR) is 82.8 cm³/mol. The van der Waals surface area contributed by atoms with E-state index in [9.17, 15) is 14.4 Å². The Balaban J connectivity index is 1.99. The van der Waals surface area contributed by atoms with E-state index in [0.717, 1.165) is 6.42 Å². The molecule has 1 aromatic heterocycles. The summed E-state index contributed by atoms with van der Waals surface area (Å²) < 4.78 is 1.17. The predicted octanol–water partition coefficient (Wildman–Crippen LogP) is -0.207. The number of amides is 2. The highest BCUT2D eigenvalue weighted by Crippen LogP contribution is 2.21. The molecule has 23 heavy (non-hydrogen) atoms. The molecule has 1 aliphatic heterocycles. The van der Waals surface area contributed by atoms with Crippen LogP contribution in [-0.4, -0.2) is 66.5 Å². The quantitative estimate of drug-likeness (QED) is 0.735. The average Bonchev–Trinajstić information content (AvgIpc) is 3.15. The van der Waals surface area contributed by atoms with Gasteiger partial charge in [0.2, 0.25) is 11.8 Å². The molecule has 0 spiro atoms. The largest absolute Gasteiger partial charge is 0.476 e. The highest BCUT2D eigenvalue weighted by molar-refractivity contribution is 7.99. The lowest BCUT2D eigenvalue weighted by atomic mass is 10.2. The van der Waals surface area contributed by atoms with Crippen LogP contribution < -0.4 is 5.32 Å². The zero-order valence-electron chi connectivity index (χ0n) is 12.9. The maximum atomic E-state index is 12.4. The molecule has 126 valence electrons. The molecule has 0 saturated carbocycles. The van der Waals surface area contributed by atoms with Gasteiger partial charge in [0.05, 0.1) is 12.1 Å². The van der Waals surface area contributed by atoms with E-state index in [2.05, 4.69) is 15.6 Å². The average molecular weight is 341 g/mol. The molecule has 2 unspecified atom stereocenters. The molecular formula is C13H19N5O4S. The lowest BCUT2D eigenvalue weighted by Gasteiger charge is -2.24. The molecule has 10 heteroatoms. The standard InChI is InChI=1S/C13H19N5O4S/c1-3-8(2)14-12(20)10-6-23-7-18(10)11(19)5-17-4-9(13(21)22)15-16-17/h4,8,10H,3,5-7H2,1-2H3,(H,14,20)(H,21,22). The van der Waals surface area contributed by atoms with E-state index in [1.807, 2.05) is 13.8 Å². The minimum Gasteiger partial charge on any atom is -0.476 e. The van der Waals surface area contributed by atoms with Gasteiger partial charge in [-0.25, -0.2) is 9.48 Å². The summed E-state index contributed by atoms with van der Waals surface area (Å²) in [6.07, 6.45) is 2.01. The fourth-order valence-corrected chi connectivity index (χ4v) is 3.23. The summed E-state index contributed by atoms with van der Waals surface area (Å²) in [5.41, 5.74) is -0.223. The van der Waals surface area contributed by atoms with Crippen LogP contribution in [0.1, 0.15) is 30.8 Å². The van der Waals surface area contributed by atoms with Gasteiger partial charge < -0.3 is 15.3 Å². The number of carboxylic acids is 1. The number of nitrogens with zero attached hydrogens (tertiary/aromatic N) is 4. The molecular weight excluding hydrogens is 322 g/mol. The van der Waals surface area contributed by atoms with Crippen LogP contribution in [0.3, 0.4) is 0 Å². The third-order valence-electron chi connectivity index (χ3n) is 3.56. The van der Waals surface area contributed by atoms with E-state index in [4.69, 9.17) is 5.11 Å². The first-order valence-electron chi connectivity index (χ1n) is 7.23. The summed E-state index contributed by atoms with van der Waals surface area (Å²) in [7, 11) is 0. The van der Waals surface area contributed by atoms with Gasteiger partial charge in [-0.2, -0.15) is 0 Å². The van der Waals surface area contributed by atoms with Gasteiger partial charge in [0.25, 0.3) is 0 Å². The van der Waals surface area contributed by atoms with Crippen molar-refractivity contribution in [2.45, 2.75) is 38.9 Å². The van der Waals surface area contributed by atoms with Gasteiger partial charge in [0.1, 0.15) is 12.6 Å². The Kier molecular flexibility index (Phi) is 5.59. The van der Waals surface area contributed by atoms with Gasteiger partial charge in [-0.05, 0) is 13.3 Å². The Morgan fingerprint density at radius 3 is 2.87 bits per heavy atom. The third-order valence-corrected chi connectivity index (χ3v) is 4.57.